The normalized spacial score (nSPS) is 16.9. The van der Waals surface area contributed by atoms with Crippen LogP contribution in [0.3, 0.4) is 0 Å². The van der Waals surface area contributed by atoms with Gasteiger partial charge in [-0.05, 0) is 62.3 Å². The minimum Gasteiger partial charge on any atom is -0.342 e. The van der Waals surface area contributed by atoms with Gasteiger partial charge in [0.15, 0.2) is 5.01 Å². The third kappa shape index (κ3) is 7.19. The van der Waals surface area contributed by atoms with Crippen LogP contribution in [0.1, 0.15) is 53.9 Å². The third-order valence-electron chi connectivity index (χ3n) is 6.76. The van der Waals surface area contributed by atoms with Crippen LogP contribution in [0.25, 0.3) is 10.2 Å². The van der Waals surface area contributed by atoms with Crippen LogP contribution < -0.4 is 11.1 Å². The maximum Gasteiger partial charge on any atom is 0.222 e. The number of rotatable bonds is 12. The van der Waals surface area contributed by atoms with Gasteiger partial charge in [0.25, 0.3) is 0 Å². The Labute approximate surface area is 211 Å². The number of likely N-dealkylation sites (tertiary alicyclic amines) is 1. The number of amides is 1. The average molecular weight is 493 g/mol. The highest BCUT2D eigenvalue weighted by atomic mass is 32.1. The maximum atomic E-state index is 13.4. The van der Waals surface area contributed by atoms with Crippen molar-refractivity contribution in [1.82, 2.24) is 15.2 Å². The lowest BCUT2D eigenvalue weighted by Crippen LogP contribution is -2.46. The fraction of sp³-hybridized carbons (Fsp3) is 0.464. The molecule has 7 heteroatoms. The van der Waals surface area contributed by atoms with Gasteiger partial charge in [0.2, 0.25) is 11.7 Å². The number of nitrogens with two attached hydrogens (primary N) is 1. The molecule has 0 radical (unpaired) electrons. The van der Waals surface area contributed by atoms with E-state index in [0.717, 1.165) is 68.4 Å². The van der Waals surface area contributed by atoms with Gasteiger partial charge in [-0.2, -0.15) is 0 Å². The van der Waals surface area contributed by atoms with Gasteiger partial charge in [-0.3, -0.25) is 9.59 Å². The second-order valence-corrected chi connectivity index (χ2v) is 10.5. The lowest BCUT2D eigenvalue weighted by atomic mass is 9.96. The summed E-state index contributed by atoms with van der Waals surface area (Å²) in [6, 6.07) is 17.8. The third-order valence-corrected chi connectivity index (χ3v) is 7.81. The van der Waals surface area contributed by atoms with Gasteiger partial charge in [-0.15, -0.1) is 11.3 Å². The van der Waals surface area contributed by atoms with Gasteiger partial charge in [0.05, 0.1) is 16.3 Å². The monoisotopic (exact) mass is 492 g/mol. The first kappa shape index (κ1) is 25.5. The Hall–Kier alpha value is -2.61. The molecule has 2 heterocycles. The Morgan fingerprint density at radius 3 is 2.71 bits per heavy atom. The van der Waals surface area contributed by atoms with Gasteiger partial charge in [0.1, 0.15) is 0 Å². The molecule has 0 unspecified atom stereocenters. The Morgan fingerprint density at radius 1 is 1.11 bits per heavy atom. The van der Waals surface area contributed by atoms with Crippen LogP contribution in [-0.4, -0.2) is 53.8 Å². The van der Waals surface area contributed by atoms with Crippen molar-refractivity contribution in [3.8, 4) is 0 Å². The number of nitrogens with zero attached hydrogens (tertiary/aromatic N) is 2. The number of Topliss-reactive ketones (excluding diaryl/α,β-unsaturated/α-hetero) is 1. The van der Waals surface area contributed by atoms with Crippen molar-refractivity contribution in [2.75, 3.05) is 26.2 Å². The average Bonchev–Trinajstić information content (AvgIpc) is 3.34. The van der Waals surface area contributed by atoms with Gasteiger partial charge in [0, 0.05) is 26.1 Å². The zero-order chi connectivity index (χ0) is 24.5. The summed E-state index contributed by atoms with van der Waals surface area (Å²) in [5, 5.41) is 4.11. The van der Waals surface area contributed by atoms with E-state index >= 15 is 0 Å². The van der Waals surface area contributed by atoms with Crippen LogP contribution in [0.5, 0.6) is 0 Å². The molecule has 1 amide bonds. The highest BCUT2D eigenvalue weighted by molar-refractivity contribution is 7.20. The zero-order valence-electron chi connectivity index (χ0n) is 20.3. The second-order valence-electron chi connectivity index (χ2n) is 9.43. The molecule has 1 aromatic heterocycles. The number of thiazole rings is 1. The topological polar surface area (TPSA) is 88.3 Å². The van der Waals surface area contributed by atoms with Crippen LogP contribution in [0.15, 0.2) is 54.6 Å². The van der Waals surface area contributed by atoms with E-state index in [9.17, 15) is 9.59 Å². The molecular weight excluding hydrogens is 456 g/mol. The standard InChI is InChI=1S/C28H36N4O2S/c29-17-7-6-13-24(27(34)28-31-23-12-4-5-14-25(23)35-28)30-19-22-11-8-18-32(20-22)26(33)16-15-21-9-2-1-3-10-21/h1-5,9-10,12,14,22,24,30H,6-8,11,13,15-20,29H2/t22-,24+/m1/s1. The summed E-state index contributed by atoms with van der Waals surface area (Å²) < 4.78 is 1.04. The minimum absolute atomic E-state index is 0.0647. The number of fused-ring (bicyclic) bond motifs is 1. The van der Waals surface area contributed by atoms with E-state index in [1.54, 1.807) is 0 Å². The molecule has 2 aromatic carbocycles. The summed E-state index contributed by atoms with van der Waals surface area (Å²) in [7, 11) is 0. The number of hydrogen-bond acceptors (Lipinski definition) is 6. The van der Waals surface area contributed by atoms with E-state index < -0.39 is 0 Å². The molecule has 3 N–H and O–H groups in total. The molecule has 3 aromatic rings. The lowest BCUT2D eigenvalue weighted by Gasteiger charge is -2.33. The molecule has 1 saturated heterocycles. The molecule has 4 rings (SSSR count). The fourth-order valence-electron chi connectivity index (χ4n) is 4.77. The van der Waals surface area contributed by atoms with E-state index in [2.05, 4.69) is 22.4 Å². The van der Waals surface area contributed by atoms with E-state index in [0.29, 0.717) is 23.9 Å². The predicted molar refractivity (Wildman–Crippen MR) is 143 cm³/mol. The fourth-order valence-corrected chi connectivity index (χ4v) is 5.73. The molecule has 6 nitrogen and oxygen atoms in total. The van der Waals surface area contributed by atoms with E-state index in [1.165, 1.54) is 16.9 Å². The second kappa shape index (κ2) is 12.9. The first-order valence-corrected chi connectivity index (χ1v) is 13.6. The van der Waals surface area contributed by atoms with Crippen molar-refractivity contribution in [2.24, 2.45) is 11.7 Å². The van der Waals surface area contributed by atoms with Crippen molar-refractivity contribution in [1.29, 1.82) is 0 Å². The molecule has 186 valence electrons. The molecule has 35 heavy (non-hydrogen) atoms. The Balaban J connectivity index is 1.33. The molecule has 0 aliphatic carbocycles. The predicted octanol–water partition coefficient (Wildman–Crippen LogP) is 4.44. The number of carbonyl (C=O) groups is 2. The number of piperidine rings is 1. The number of hydrogen-bond donors (Lipinski definition) is 2. The molecule has 0 saturated carbocycles. The number of aryl methyl sites for hydroxylation is 1. The van der Waals surface area contributed by atoms with E-state index in [-0.39, 0.29) is 17.7 Å². The summed E-state index contributed by atoms with van der Waals surface area (Å²) >= 11 is 1.46. The molecular formula is C28H36N4O2S. The first-order chi connectivity index (χ1) is 17.1. The molecule has 1 aliphatic heterocycles. The minimum atomic E-state index is -0.272. The van der Waals surface area contributed by atoms with Gasteiger partial charge >= 0.3 is 0 Å². The Kier molecular flexibility index (Phi) is 9.40. The quantitative estimate of drug-likeness (QED) is 0.288. The van der Waals surface area contributed by atoms with Crippen molar-refractivity contribution in [3.05, 3.63) is 65.2 Å². The summed E-state index contributed by atoms with van der Waals surface area (Å²) in [4.78, 5) is 32.8. The van der Waals surface area contributed by atoms with Gasteiger partial charge in [-0.1, -0.05) is 48.9 Å². The SMILES string of the molecule is NCCCC[C@H](NC[C@H]1CCCN(C(=O)CCc2ccccc2)C1)C(=O)c1nc2ccccc2s1. The number of aromatic nitrogens is 1. The summed E-state index contributed by atoms with van der Waals surface area (Å²) in [6.07, 6.45) is 5.95. The first-order valence-electron chi connectivity index (χ1n) is 12.8. The van der Waals surface area contributed by atoms with Crippen LogP contribution in [0.4, 0.5) is 0 Å². The number of carbonyl (C=O) groups excluding carboxylic acids is 2. The highest BCUT2D eigenvalue weighted by Crippen LogP contribution is 2.24. The molecule has 1 aliphatic rings. The number of benzene rings is 2. The smallest absolute Gasteiger partial charge is 0.222 e. The maximum absolute atomic E-state index is 13.4. The van der Waals surface area contributed by atoms with Crippen molar-refractivity contribution >= 4 is 33.2 Å². The molecule has 0 bridgehead atoms. The molecule has 1 fully saturated rings. The zero-order valence-corrected chi connectivity index (χ0v) is 21.1. The number of ketones is 1. The van der Waals surface area contributed by atoms with Crippen LogP contribution >= 0.6 is 11.3 Å². The van der Waals surface area contributed by atoms with Crippen LogP contribution in [0.2, 0.25) is 0 Å². The van der Waals surface area contributed by atoms with Crippen LogP contribution in [0, 0.1) is 5.92 Å². The molecule has 0 spiro atoms. The summed E-state index contributed by atoms with van der Waals surface area (Å²) in [5.74, 6) is 0.642. The molecule has 2 atom stereocenters. The number of unbranched alkanes of at least 4 members (excludes halogenated alkanes) is 1. The van der Waals surface area contributed by atoms with Crippen molar-refractivity contribution < 1.29 is 9.59 Å². The highest BCUT2D eigenvalue weighted by Gasteiger charge is 2.27. The van der Waals surface area contributed by atoms with E-state index in [4.69, 9.17) is 5.73 Å². The van der Waals surface area contributed by atoms with E-state index in [1.807, 2.05) is 47.4 Å². The Bertz CT molecular complexity index is 1070. The summed E-state index contributed by atoms with van der Waals surface area (Å²) in [5.41, 5.74) is 7.77. The summed E-state index contributed by atoms with van der Waals surface area (Å²) in [6.45, 7) is 2.94. The number of nitrogens with one attached hydrogen (secondary N) is 1. The lowest BCUT2D eigenvalue weighted by molar-refractivity contribution is -0.132. The van der Waals surface area contributed by atoms with Crippen molar-refractivity contribution in [2.45, 2.75) is 51.0 Å². The van der Waals surface area contributed by atoms with Crippen LogP contribution in [-0.2, 0) is 11.2 Å². The number of para-hydroxylation sites is 1. The van der Waals surface area contributed by atoms with Crippen molar-refractivity contribution in [3.63, 3.8) is 0 Å². The largest absolute Gasteiger partial charge is 0.342 e. The van der Waals surface area contributed by atoms with Gasteiger partial charge in [-0.25, -0.2) is 4.98 Å². The van der Waals surface area contributed by atoms with Gasteiger partial charge < -0.3 is 16.0 Å². The Morgan fingerprint density at radius 2 is 1.91 bits per heavy atom.